The molecule has 1 fully saturated rings. The van der Waals surface area contributed by atoms with Gasteiger partial charge in [0.25, 0.3) is 0 Å². The fourth-order valence-electron chi connectivity index (χ4n) is 2.12. The van der Waals surface area contributed by atoms with Crippen molar-refractivity contribution in [1.29, 1.82) is 0 Å². The number of rotatable bonds is 3. The third-order valence-electron chi connectivity index (χ3n) is 3.33. The molecule has 0 atom stereocenters. The minimum atomic E-state index is -0.445. The van der Waals surface area contributed by atoms with Gasteiger partial charge in [-0.15, -0.1) is 0 Å². The van der Waals surface area contributed by atoms with Gasteiger partial charge in [0.1, 0.15) is 5.75 Å². The molecule has 2 rings (SSSR count). The molecule has 1 saturated heterocycles. The van der Waals surface area contributed by atoms with Crippen molar-refractivity contribution in [1.82, 2.24) is 0 Å². The van der Waals surface area contributed by atoms with Crippen molar-refractivity contribution in [2.45, 2.75) is 33.0 Å². The molecule has 0 aliphatic carbocycles. The summed E-state index contributed by atoms with van der Waals surface area (Å²) < 4.78 is 16.7. The van der Waals surface area contributed by atoms with Crippen molar-refractivity contribution < 1.29 is 14.2 Å². The largest absolute Gasteiger partial charge is 0.497 e. The van der Waals surface area contributed by atoms with Crippen molar-refractivity contribution in [3.8, 4) is 5.75 Å². The van der Waals surface area contributed by atoms with E-state index in [1.54, 1.807) is 7.11 Å². The predicted octanol–water partition coefficient (Wildman–Crippen LogP) is 3.03. The molecule has 0 aromatic heterocycles. The Bertz CT molecular complexity index is 385. The summed E-state index contributed by atoms with van der Waals surface area (Å²) in [5.74, 6) is 0.445. The van der Waals surface area contributed by atoms with Gasteiger partial charge in [0.2, 0.25) is 0 Å². The van der Waals surface area contributed by atoms with Crippen LogP contribution in [0.15, 0.2) is 24.3 Å². The Labute approximate surface area is 109 Å². The van der Waals surface area contributed by atoms with Crippen LogP contribution >= 0.6 is 0 Å². The Balaban J connectivity index is 2.00. The van der Waals surface area contributed by atoms with E-state index in [1.807, 2.05) is 26.0 Å². The third kappa shape index (κ3) is 3.24. The second-order valence-corrected chi connectivity index (χ2v) is 5.81. The Morgan fingerprint density at radius 2 is 1.61 bits per heavy atom. The fourth-order valence-corrected chi connectivity index (χ4v) is 2.12. The van der Waals surface area contributed by atoms with E-state index >= 15 is 0 Å². The first-order valence-corrected chi connectivity index (χ1v) is 6.33. The summed E-state index contributed by atoms with van der Waals surface area (Å²) in [6, 6.07) is 8.19. The molecule has 18 heavy (non-hydrogen) atoms. The first-order valence-electron chi connectivity index (χ1n) is 6.33. The highest BCUT2D eigenvalue weighted by Crippen LogP contribution is 2.32. The van der Waals surface area contributed by atoms with Crippen LogP contribution in [0.2, 0.25) is 0 Å². The maximum Gasteiger partial charge on any atom is 0.162 e. The van der Waals surface area contributed by atoms with Crippen LogP contribution in [-0.2, 0) is 15.9 Å². The average Bonchev–Trinajstić information content (AvgIpc) is 2.35. The Kier molecular flexibility index (Phi) is 3.64. The number of benzene rings is 1. The molecule has 1 aromatic rings. The molecule has 1 heterocycles. The SMILES string of the molecule is COc1ccc(CC2(C)COC(C)(C)OC2)cc1. The standard InChI is InChI=1S/C15H22O3/c1-14(2)17-10-15(3,11-18-14)9-12-5-7-13(16-4)8-6-12/h5-8H,9-11H2,1-4H3. The zero-order valence-electron chi connectivity index (χ0n) is 11.7. The summed E-state index contributed by atoms with van der Waals surface area (Å²) in [4.78, 5) is 0. The highest BCUT2D eigenvalue weighted by molar-refractivity contribution is 5.27. The van der Waals surface area contributed by atoms with E-state index in [0.717, 1.165) is 25.4 Å². The van der Waals surface area contributed by atoms with Crippen molar-refractivity contribution >= 4 is 0 Å². The monoisotopic (exact) mass is 250 g/mol. The lowest BCUT2D eigenvalue weighted by molar-refractivity contribution is -0.282. The van der Waals surface area contributed by atoms with E-state index in [0.29, 0.717) is 0 Å². The topological polar surface area (TPSA) is 27.7 Å². The minimum absolute atomic E-state index is 0.0457. The van der Waals surface area contributed by atoms with Gasteiger partial charge in [0, 0.05) is 5.41 Å². The Morgan fingerprint density at radius 3 is 2.11 bits per heavy atom. The zero-order chi connectivity index (χ0) is 13.2. The van der Waals surface area contributed by atoms with Crippen LogP contribution in [0.1, 0.15) is 26.3 Å². The van der Waals surface area contributed by atoms with Crippen molar-refractivity contribution in [3.63, 3.8) is 0 Å². The lowest BCUT2D eigenvalue weighted by Crippen LogP contribution is -2.46. The van der Waals surface area contributed by atoms with Crippen LogP contribution in [-0.4, -0.2) is 26.1 Å². The minimum Gasteiger partial charge on any atom is -0.497 e. The highest BCUT2D eigenvalue weighted by Gasteiger charge is 2.36. The molecule has 100 valence electrons. The molecule has 0 spiro atoms. The number of ether oxygens (including phenoxy) is 3. The van der Waals surface area contributed by atoms with E-state index in [1.165, 1.54) is 5.56 Å². The molecular formula is C15H22O3. The smallest absolute Gasteiger partial charge is 0.162 e. The summed E-state index contributed by atoms with van der Waals surface area (Å²) in [6.45, 7) is 7.57. The lowest BCUT2D eigenvalue weighted by Gasteiger charge is -2.41. The van der Waals surface area contributed by atoms with Crippen LogP contribution < -0.4 is 4.74 Å². The molecule has 0 N–H and O–H groups in total. The molecular weight excluding hydrogens is 228 g/mol. The highest BCUT2D eigenvalue weighted by atomic mass is 16.7. The van der Waals surface area contributed by atoms with Crippen LogP contribution in [0.25, 0.3) is 0 Å². The lowest BCUT2D eigenvalue weighted by atomic mass is 9.84. The maximum absolute atomic E-state index is 5.75. The quantitative estimate of drug-likeness (QED) is 0.825. The Morgan fingerprint density at radius 1 is 1.06 bits per heavy atom. The van der Waals surface area contributed by atoms with Gasteiger partial charge in [0.15, 0.2) is 5.79 Å². The molecule has 0 radical (unpaired) electrons. The number of methoxy groups -OCH3 is 1. The van der Waals surface area contributed by atoms with Crippen molar-refractivity contribution in [3.05, 3.63) is 29.8 Å². The van der Waals surface area contributed by atoms with Gasteiger partial charge in [-0.2, -0.15) is 0 Å². The van der Waals surface area contributed by atoms with E-state index in [9.17, 15) is 0 Å². The van der Waals surface area contributed by atoms with Crippen molar-refractivity contribution in [2.75, 3.05) is 20.3 Å². The van der Waals surface area contributed by atoms with Gasteiger partial charge < -0.3 is 14.2 Å². The average molecular weight is 250 g/mol. The Hall–Kier alpha value is -1.06. The van der Waals surface area contributed by atoms with Crippen LogP contribution in [0, 0.1) is 5.41 Å². The second-order valence-electron chi connectivity index (χ2n) is 5.81. The summed E-state index contributed by atoms with van der Waals surface area (Å²) in [5, 5.41) is 0. The van der Waals surface area contributed by atoms with Gasteiger partial charge in [-0.1, -0.05) is 19.1 Å². The first kappa shape index (κ1) is 13.4. The molecule has 0 unspecified atom stereocenters. The number of hydrogen-bond donors (Lipinski definition) is 0. The summed E-state index contributed by atoms with van der Waals surface area (Å²) >= 11 is 0. The van der Waals surface area contributed by atoms with Crippen LogP contribution in [0.3, 0.4) is 0 Å². The first-order chi connectivity index (χ1) is 8.42. The zero-order valence-corrected chi connectivity index (χ0v) is 11.7. The van der Waals surface area contributed by atoms with E-state index in [2.05, 4.69) is 19.1 Å². The second kappa shape index (κ2) is 4.90. The fraction of sp³-hybridized carbons (Fsp3) is 0.600. The van der Waals surface area contributed by atoms with Gasteiger partial charge in [-0.05, 0) is 38.0 Å². The van der Waals surface area contributed by atoms with E-state index < -0.39 is 5.79 Å². The van der Waals surface area contributed by atoms with Gasteiger partial charge in [-0.25, -0.2) is 0 Å². The van der Waals surface area contributed by atoms with Gasteiger partial charge in [-0.3, -0.25) is 0 Å². The maximum atomic E-state index is 5.75. The van der Waals surface area contributed by atoms with Crippen molar-refractivity contribution in [2.24, 2.45) is 5.41 Å². The summed E-state index contributed by atoms with van der Waals surface area (Å²) in [7, 11) is 1.68. The third-order valence-corrected chi connectivity index (χ3v) is 3.33. The normalized spacial score (nSPS) is 21.6. The molecule has 0 saturated carbocycles. The molecule has 1 aliphatic heterocycles. The van der Waals surface area contributed by atoms with E-state index in [4.69, 9.17) is 14.2 Å². The van der Waals surface area contributed by atoms with Crippen LogP contribution in [0.4, 0.5) is 0 Å². The molecule has 1 aromatic carbocycles. The molecule has 0 amide bonds. The summed E-state index contributed by atoms with van der Waals surface area (Å²) in [5.41, 5.74) is 1.33. The van der Waals surface area contributed by atoms with Gasteiger partial charge in [0.05, 0.1) is 20.3 Å². The predicted molar refractivity (Wildman–Crippen MR) is 70.8 cm³/mol. The summed E-state index contributed by atoms with van der Waals surface area (Å²) in [6.07, 6.45) is 0.951. The van der Waals surface area contributed by atoms with Crippen LogP contribution in [0.5, 0.6) is 5.75 Å². The molecule has 3 nitrogen and oxygen atoms in total. The molecule has 1 aliphatic rings. The number of hydrogen-bond acceptors (Lipinski definition) is 3. The molecule has 3 heteroatoms. The molecule has 0 bridgehead atoms. The van der Waals surface area contributed by atoms with Gasteiger partial charge >= 0.3 is 0 Å². The van der Waals surface area contributed by atoms with E-state index in [-0.39, 0.29) is 5.41 Å².